The molecule has 1 heterocycles. The molecule has 6 rings (SSSR count). The molecule has 8 heteroatoms. The monoisotopic (exact) mass is 669 g/mol. The summed E-state index contributed by atoms with van der Waals surface area (Å²) < 4.78 is 18.9. The summed E-state index contributed by atoms with van der Waals surface area (Å²) in [7, 11) is 2.06. The minimum Gasteiger partial charge on any atom is -0.457 e. The van der Waals surface area contributed by atoms with E-state index in [9.17, 15) is 9.90 Å². The van der Waals surface area contributed by atoms with Crippen molar-refractivity contribution in [2.24, 2.45) is 0 Å². The maximum atomic E-state index is 12.8. The Hall–Kier alpha value is -5.25. The van der Waals surface area contributed by atoms with Gasteiger partial charge in [-0.2, -0.15) is 0 Å². The zero-order chi connectivity index (χ0) is 34.7. The third-order valence-electron chi connectivity index (χ3n) is 8.61. The normalized spacial score (nSPS) is 17.2. The van der Waals surface area contributed by atoms with Crippen LogP contribution in [0.3, 0.4) is 0 Å². The molecule has 1 aliphatic rings. The number of aliphatic hydroxyl groups is 1. The molecule has 256 valence electrons. The first-order chi connectivity index (χ1) is 24.5. The van der Waals surface area contributed by atoms with Crippen LogP contribution in [-0.4, -0.2) is 42.3 Å². The second-order valence-corrected chi connectivity index (χ2v) is 12.4. The number of nitrogens with zero attached hydrogens (tertiary/aromatic N) is 1. The quantitative estimate of drug-likeness (QED) is 0.109. The van der Waals surface area contributed by atoms with Crippen LogP contribution in [0, 0.1) is 0 Å². The lowest BCUT2D eigenvalue weighted by molar-refractivity contribution is -0.252. The zero-order valence-corrected chi connectivity index (χ0v) is 28.2. The lowest BCUT2D eigenvalue weighted by Gasteiger charge is -2.37. The van der Waals surface area contributed by atoms with Gasteiger partial charge in [-0.25, -0.2) is 4.79 Å². The number of carbonyl (C=O) groups excluding carboxylic acids is 1. The van der Waals surface area contributed by atoms with Crippen molar-refractivity contribution in [3.8, 4) is 22.6 Å². The highest BCUT2D eigenvalue weighted by molar-refractivity contribution is 5.89. The highest BCUT2D eigenvalue weighted by Crippen LogP contribution is 2.39. The number of anilines is 1. The molecule has 1 saturated heterocycles. The SMILES string of the molecule is C=CCN(C)C[C@H]1C[C@@H](c2ccc(CO)cc2)O[C@@H](c2ccc(-c3ccccc3CNC(=O)Nc3ccc(Oc4ccccc4)cc3)cc2)O1. The van der Waals surface area contributed by atoms with E-state index in [-0.39, 0.29) is 24.8 Å². The third-order valence-corrected chi connectivity index (χ3v) is 8.61. The molecule has 0 saturated carbocycles. The molecule has 0 spiro atoms. The highest BCUT2D eigenvalue weighted by Gasteiger charge is 2.32. The van der Waals surface area contributed by atoms with Gasteiger partial charge in [0.1, 0.15) is 11.5 Å². The Morgan fingerprint density at radius 3 is 2.26 bits per heavy atom. The molecule has 2 amide bonds. The number of nitrogens with one attached hydrogen (secondary N) is 2. The van der Waals surface area contributed by atoms with E-state index < -0.39 is 6.29 Å². The molecule has 5 aromatic rings. The van der Waals surface area contributed by atoms with Gasteiger partial charge in [0.25, 0.3) is 0 Å². The first-order valence-corrected chi connectivity index (χ1v) is 16.8. The molecule has 0 bridgehead atoms. The molecule has 1 fully saturated rings. The molecule has 3 N–H and O–H groups in total. The van der Waals surface area contributed by atoms with Gasteiger partial charge in [0.05, 0.1) is 18.8 Å². The van der Waals surface area contributed by atoms with Crippen LogP contribution in [0.5, 0.6) is 11.5 Å². The first kappa shape index (κ1) is 34.6. The summed E-state index contributed by atoms with van der Waals surface area (Å²) in [6.45, 7) is 5.74. The molecular formula is C42H43N3O5. The van der Waals surface area contributed by atoms with Crippen LogP contribution in [0.4, 0.5) is 10.5 Å². The fourth-order valence-electron chi connectivity index (χ4n) is 6.03. The number of benzene rings is 5. The van der Waals surface area contributed by atoms with Crippen LogP contribution in [-0.2, 0) is 22.6 Å². The van der Waals surface area contributed by atoms with E-state index >= 15 is 0 Å². The van der Waals surface area contributed by atoms with Crippen LogP contribution in [0.1, 0.15) is 41.1 Å². The Bertz CT molecular complexity index is 1830. The topological polar surface area (TPSA) is 92.3 Å². The minimum atomic E-state index is -0.540. The summed E-state index contributed by atoms with van der Waals surface area (Å²) in [5.41, 5.74) is 6.56. The van der Waals surface area contributed by atoms with Crippen molar-refractivity contribution in [1.82, 2.24) is 10.2 Å². The average molecular weight is 670 g/mol. The first-order valence-electron chi connectivity index (χ1n) is 16.8. The third kappa shape index (κ3) is 9.25. The predicted octanol–water partition coefficient (Wildman–Crippen LogP) is 8.62. The molecule has 0 radical (unpaired) electrons. The Morgan fingerprint density at radius 1 is 0.860 bits per heavy atom. The lowest BCUT2D eigenvalue weighted by atomic mass is 9.97. The van der Waals surface area contributed by atoms with Gasteiger partial charge in [-0.05, 0) is 71.3 Å². The van der Waals surface area contributed by atoms with Crippen molar-refractivity contribution in [2.75, 3.05) is 25.5 Å². The van der Waals surface area contributed by atoms with E-state index in [4.69, 9.17) is 14.2 Å². The highest BCUT2D eigenvalue weighted by atomic mass is 16.7. The second-order valence-electron chi connectivity index (χ2n) is 12.4. The Labute approximate surface area is 293 Å². The number of hydrogen-bond acceptors (Lipinski definition) is 6. The summed E-state index contributed by atoms with van der Waals surface area (Å²) in [4.78, 5) is 15.0. The Morgan fingerprint density at radius 2 is 1.54 bits per heavy atom. The molecule has 0 aliphatic carbocycles. The van der Waals surface area contributed by atoms with Gasteiger partial charge >= 0.3 is 6.03 Å². The molecular weight excluding hydrogens is 626 g/mol. The molecule has 0 aromatic heterocycles. The van der Waals surface area contributed by atoms with E-state index in [1.807, 2.05) is 115 Å². The van der Waals surface area contributed by atoms with E-state index in [1.165, 1.54) is 0 Å². The van der Waals surface area contributed by atoms with Gasteiger partial charge in [-0.1, -0.05) is 97.1 Å². The van der Waals surface area contributed by atoms with Crippen LogP contribution < -0.4 is 15.4 Å². The number of aliphatic hydroxyl groups excluding tert-OH is 1. The number of rotatable bonds is 13. The number of likely N-dealkylation sites (N-methyl/N-ethyl adjacent to an activating group) is 1. The fourth-order valence-corrected chi connectivity index (χ4v) is 6.03. The molecule has 1 aliphatic heterocycles. The number of ether oxygens (including phenoxy) is 3. The summed E-state index contributed by atoms with van der Waals surface area (Å²) in [6.07, 6.45) is 1.88. The van der Waals surface area contributed by atoms with Gasteiger partial charge in [-0.3, -0.25) is 0 Å². The van der Waals surface area contributed by atoms with Gasteiger partial charge in [0, 0.05) is 37.3 Å². The van der Waals surface area contributed by atoms with Gasteiger partial charge in [0.2, 0.25) is 0 Å². The molecule has 8 nitrogen and oxygen atoms in total. The number of amides is 2. The number of carbonyl (C=O) groups is 1. The minimum absolute atomic E-state index is 0.00569. The van der Waals surface area contributed by atoms with Crippen molar-refractivity contribution in [2.45, 2.75) is 38.1 Å². The Balaban J connectivity index is 1.10. The predicted molar refractivity (Wildman–Crippen MR) is 197 cm³/mol. The summed E-state index contributed by atoms with van der Waals surface area (Å²) in [5, 5.41) is 15.4. The van der Waals surface area contributed by atoms with E-state index in [0.717, 1.165) is 58.6 Å². The van der Waals surface area contributed by atoms with Crippen molar-refractivity contribution >= 4 is 11.7 Å². The molecule has 5 aromatic carbocycles. The molecule has 3 atom stereocenters. The van der Waals surface area contributed by atoms with Crippen LogP contribution >= 0.6 is 0 Å². The number of urea groups is 1. The summed E-state index contributed by atoms with van der Waals surface area (Å²) in [6, 6.07) is 40.7. The van der Waals surface area contributed by atoms with Gasteiger partial charge in [-0.15, -0.1) is 6.58 Å². The van der Waals surface area contributed by atoms with Crippen molar-refractivity contribution < 1.29 is 24.1 Å². The van der Waals surface area contributed by atoms with Crippen molar-refractivity contribution in [3.63, 3.8) is 0 Å². The van der Waals surface area contributed by atoms with Crippen LogP contribution in [0.15, 0.2) is 140 Å². The van der Waals surface area contributed by atoms with Gasteiger partial charge < -0.3 is 34.9 Å². The van der Waals surface area contributed by atoms with E-state index in [0.29, 0.717) is 18.0 Å². The number of para-hydroxylation sites is 1. The lowest BCUT2D eigenvalue weighted by Crippen LogP contribution is -2.37. The smallest absolute Gasteiger partial charge is 0.319 e. The van der Waals surface area contributed by atoms with Crippen LogP contribution in [0.2, 0.25) is 0 Å². The summed E-state index contributed by atoms with van der Waals surface area (Å²) in [5.74, 6) is 1.44. The maximum absolute atomic E-state index is 12.8. The van der Waals surface area contributed by atoms with Gasteiger partial charge in [0.15, 0.2) is 6.29 Å². The van der Waals surface area contributed by atoms with E-state index in [1.54, 1.807) is 0 Å². The molecule has 50 heavy (non-hydrogen) atoms. The van der Waals surface area contributed by atoms with E-state index in [2.05, 4.69) is 47.4 Å². The van der Waals surface area contributed by atoms with Crippen molar-refractivity contribution in [3.05, 3.63) is 162 Å². The second kappa shape index (κ2) is 16.9. The maximum Gasteiger partial charge on any atom is 0.319 e. The summed E-state index contributed by atoms with van der Waals surface area (Å²) >= 11 is 0. The zero-order valence-electron chi connectivity index (χ0n) is 28.2. The Kier molecular flexibility index (Phi) is 11.7. The molecule has 0 unspecified atom stereocenters. The largest absolute Gasteiger partial charge is 0.457 e. The average Bonchev–Trinajstić information content (AvgIpc) is 3.15. The van der Waals surface area contributed by atoms with Crippen molar-refractivity contribution in [1.29, 1.82) is 0 Å². The number of hydrogen-bond donors (Lipinski definition) is 3. The standard InChI is InChI=1S/C42H43N3O5/c1-3-25-45(2)28-38-26-40(32-15-13-30(29-46)14-16-32)50-41(49-38)33-19-17-31(18-20-33)39-12-8-7-9-34(39)27-43-42(47)44-35-21-23-37(24-22-35)48-36-10-5-4-6-11-36/h3-24,38,40-41,46H,1,25-29H2,2H3,(H2,43,44,47)/t38-,40+,41+/m1/s1. The van der Waals surface area contributed by atoms with Crippen LogP contribution in [0.25, 0.3) is 11.1 Å². The fraction of sp³-hybridized carbons (Fsp3) is 0.214.